The summed E-state index contributed by atoms with van der Waals surface area (Å²) in [5.41, 5.74) is 0.996. The quantitative estimate of drug-likeness (QED) is 0.766. The number of aliphatic hydroxyl groups is 1. The average Bonchev–Trinajstić information content (AvgIpc) is 2.28. The summed E-state index contributed by atoms with van der Waals surface area (Å²) in [6, 6.07) is 4.71. The molecule has 0 fully saturated rings. The van der Waals surface area contributed by atoms with Crippen LogP contribution in [0, 0.1) is 5.82 Å². The van der Waals surface area contributed by atoms with Crippen LogP contribution < -0.4 is 4.90 Å². The monoisotopic (exact) mass is 235 g/mol. The van der Waals surface area contributed by atoms with E-state index in [1.165, 1.54) is 6.07 Å². The zero-order valence-electron chi connectivity index (χ0n) is 10.1. The summed E-state index contributed by atoms with van der Waals surface area (Å²) in [6.45, 7) is 9.94. The summed E-state index contributed by atoms with van der Waals surface area (Å²) in [7, 11) is 0. The average molecular weight is 235 g/mol. The van der Waals surface area contributed by atoms with Crippen molar-refractivity contribution < 1.29 is 9.50 Å². The molecule has 1 N–H and O–H groups in total. The summed E-state index contributed by atoms with van der Waals surface area (Å²) in [6.07, 6.45) is 2.68. The van der Waals surface area contributed by atoms with E-state index >= 15 is 0 Å². The van der Waals surface area contributed by atoms with E-state index in [0.29, 0.717) is 24.3 Å². The minimum atomic E-state index is -0.710. The van der Waals surface area contributed by atoms with E-state index < -0.39 is 6.10 Å². The highest BCUT2D eigenvalue weighted by Crippen LogP contribution is 2.29. The Morgan fingerprint density at radius 3 is 2.41 bits per heavy atom. The van der Waals surface area contributed by atoms with Gasteiger partial charge in [0, 0.05) is 18.7 Å². The van der Waals surface area contributed by atoms with Gasteiger partial charge >= 0.3 is 0 Å². The van der Waals surface area contributed by atoms with E-state index in [-0.39, 0.29) is 5.82 Å². The first kappa shape index (κ1) is 13.5. The summed E-state index contributed by atoms with van der Waals surface area (Å²) in [4.78, 5) is 1.79. The molecule has 0 radical (unpaired) electrons. The number of halogens is 1. The molecule has 0 unspecified atom stereocenters. The van der Waals surface area contributed by atoms with Gasteiger partial charge in [0.2, 0.25) is 0 Å². The third kappa shape index (κ3) is 3.17. The first-order valence-electron chi connectivity index (χ1n) is 5.55. The molecule has 0 aliphatic heterocycles. The van der Waals surface area contributed by atoms with Crippen LogP contribution in [-0.2, 0) is 0 Å². The van der Waals surface area contributed by atoms with Crippen molar-refractivity contribution in [3.63, 3.8) is 0 Å². The van der Waals surface area contributed by atoms with Crippen LogP contribution in [0.15, 0.2) is 43.5 Å². The Balaban J connectivity index is 3.23. The van der Waals surface area contributed by atoms with Gasteiger partial charge in [0.25, 0.3) is 0 Å². The molecule has 0 saturated heterocycles. The highest BCUT2D eigenvalue weighted by molar-refractivity contribution is 5.56. The van der Waals surface area contributed by atoms with Crippen LogP contribution in [0.1, 0.15) is 18.6 Å². The predicted molar refractivity (Wildman–Crippen MR) is 69.6 cm³/mol. The zero-order valence-corrected chi connectivity index (χ0v) is 10.1. The largest absolute Gasteiger partial charge is 0.389 e. The fraction of sp³-hybridized carbons (Fsp3) is 0.286. The number of benzene rings is 1. The van der Waals surface area contributed by atoms with E-state index in [1.807, 2.05) is 0 Å². The molecule has 0 aliphatic rings. The summed E-state index contributed by atoms with van der Waals surface area (Å²) >= 11 is 0. The molecule has 0 aromatic heterocycles. The third-order valence-corrected chi connectivity index (χ3v) is 2.48. The van der Waals surface area contributed by atoms with Crippen molar-refractivity contribution in [1.82, 2.24) is 0 Å². The van der Waals surface area contributed by atoms with E-state index in [4.69, 9.17) is 0 Å². The number of anilines is 1. The number of para-hydroxylation sites is 1. The number of hydrogen-bond donors (Lipinski definition) is 1. The Morgan fingerprint density at radius 2 is 1.94 bits per heavy atom. The molecule has 0 heterocycles. The lowest BCUT2D eigenvalue weighted by molar-refractivity contribution is 0.199. The van der Waals surface area contributed by atoms with Gasteiger partial charge in [-0.1, -0.05) is 24.3 Å². The topological polar surface area (TPSA) is 23.5 Å². The van der Waals surface area contributed by atoms with Crippen molar-refractivity contribution in [1.29, 1.82) is 0 Å². The molecule has 17 heavy (non-hydrogen) atoms. The highest BCUT2D eigenvalue weighted by atomic mass is 19.1. The third-order valence-electron chi connectivity index (χ3n) is 2.48. The molecular formula is C14H18FNO. The molecule has 1 atom stereocenters. The number of aliphatic hydroxyl groups excluding tert-OH is 1. The molecular weight excluding hydrogens is 217 g/mol. The molecule has 1 rings (SSSR count). The number of hydrogen-bond acceptors (Lipinski definition) is 2. The normalized spacial score (nSPS) is 11.9. The Kier molecular flexibility index (Phi) is 4.91. The molecule has 0 amide bonds. The first-order chi connectivity index (χ1) is 8.11. The predicted octanol–water partition coefficient (Wildman–Crippen LogP) is 3.06. The molecule has 0 saturated carbocycles. The maximum Gasteiger partial charge on any atom is 0.146 e. The lowest BCUT2D eigenvalue weighted by Crippen LogP contribution is -2.26. The van der Waals surface area contributed by atoms with Gasteiger partial charge in [0.05, 0.1) is 11.8 Å². The molecule has 0 bridgehead atoms. The van der Waals surface area contributed by atoms with E-state index in [0.717, 1.165) is 0 Å². The molecule has 0 spiro atoms. The Bertz CT molecular complexity index is 391. The smallest absolute Gasteiger partial charge is 0.146 e. The van der Waals surface area contributed by atoms with Crippen molar-refractivity contribution >= 4 is 5.69 Å². The van der Waals surface area contributed by atoms with Crippen LogP contribution >= 0.6 is 0 Å². The second-order valence-electron chi connectivity index (χ2n) is 3.84. The van der Waals surface area contributed by atoms with Gasteiger partial charge in [-0.2, -0.15) is 0 Å². The van der Waals surface area contributed by atoms with Gasteiger partial charge in [0.15, 0.2) is 0 Å². The summed E-state index contributed by atoms with van der Waals surface area (Å²) in [5, 5.41) is 9.67. The fourth-order valence-electron chi connectivity index (χ4n) is 1.77. The second-order valence-corrected chi connectivity index (χ2v) is 3.84. The van der Waals surface area contributed by atoms with Crippen LogP contribution in [0.3, 0.4) is 0 Å². The van der Waals surface area contributed by atoms with Gasteiger partial charge in [-0.25, -0.2) is 4.39 Å². The summed E-state index contributed by atoms with van der Waals surface area (Å²) in [5.74, 6) is -0.341. The maximum absolute atomic E-state index is 13.9. The molecule has 1 aromatic carbocycles. The molecule has 1 aromatic rings. The maximum atomic E-state index is 13.9. The van der Waals surface area contributed by atoms with Gasteiger partial charge in [-0.05, 0) is 13.0 Å². The number of nitrogens with zero attached hydrogens (tertiary/aromatic N) is 1. The van der Waals surface area contributed by atoms with Crippen LogP contribution in [-0.4, -0.2) is 18.2 Å². The molecule has 3 heteroatoms. The lowest BCUT2D eigenvalue weighted by Gasteiger charge is -2.26. The van der Waals surface area contributed by atoms with Gasteiger partial charge < -0.3 is 10.0 Å². The lowest BCUT2D eigenvalue weighted by atomic mass is 10.1. The van der Waals surface area contributed by atoms with Gasteiger partial charge in [0.1, 0.15) is 5.82 Å². The van der Waals surface area contributed by atoms with Crippen LogP contribution in [0.25, 0.3) is 0 Å². The van der Waals surface area contributed by atoms with Crippen LogP contribution in [0.2, 0.25) is 0 Å². The first-order valence-corrected chi connectivity index (χ1v) is 5.55. The molecule has 92 valence electrons. The Labute approximate surface area is 102 Å². The van der Waals surface area contributed by atoms with E-state index in [1.54, 1.807) is 36.1 Å². The zero-order chi connectivity index (χ0) is 12.8. The minimum absolute atomic E-state index is 0.341. The molecule has 2 nitrogen and oxygen atoms in total. The standard InChI is InChI=1S/C14H18FNO/c1-4-9-16(10-5-2)14-12(11(3)17)7-6-8-13(14)15/h4-8,11,17H,1-2,9-10H2,3H3/t11-/m1/s1. The van der Waals surface area contributed by atoms with Crippen LogP contribution in [0.4, 0.5) is 10.1 Å². The van der Waals surface area contributed by atoms with Crippen LogP contribution in [0.5, 0.6) is 0 Å². The Morgan fingerprint density at radius 1 is 1.35 bits per heavy atom. The SMILES string of the molecule is C=CCN(CC=C)c1c(F)cccc1[C@@H](C)O. The van der Waals surface area contributed by atoms with Gasteiger partial charge in [-0.15, -0.1) is 13.2 Å². The van der Waals surface area contributed by atoms with E-state index in [2.05, 4.69) is 13.2 Å². The van der Waals surface area contributed by atoms with E-state index in [9.17, 15) is 9.50 Å². The molecule has 0 aliphatic carbocycles. The Hall–Kier alpha value is -1.61. The fourth-order valence-corrected chi connectivity index (χ4v) is 1.77. The number of rotatable bonds is 6. The minimum Gasteiger partial charge on any atom is -0.389 e. The van der Waals surface area contributed by atoms with Crippen molar-refractivity contribution in [2.45, 2.75) is 13.0 Å². The summed E-state index contributed by atoms with van der Waals surface area (Å²) < 4.78 is 13.9. The second kappa shape index (κ2) is 6.21. The van der Waals surface area contributed by atoms with Gasteiger partial charge in [-0.3, -0.25) is 0 Å². The highest BCUT2D eigenvalue weighted by Gasteiger charge is 2.16. The van der Waals surface area contributed by atoms with Crippen molar-refractivity contribution in [3.05, 3.63) is 54.9 Å². The van der Waals surface area contributed by atoms with Crippen molar-refractivity contribution in [2.75, 3.05) is 18.0 Å². The van der Waals surface area contributed by atoms with Crippen molar-refractivity contribution in [3.8, 4) is 0 Å². The van der Waals surface area contributed by atoms with Crippen molar-refractivity contribution in [2.24, 2.45) is 0 Å².